The maximum Gasteiger partial charge on any atom is 0.308 e. The molecule has 1 saturated heterocycles. The summed E-state index contributed by atoms with van der Waals surface area (Å²) in [5.74, 6) is -1.13. The number of hydrogen-bond donors (Lipinski definition) is 1. The van der Waals surface area contributed by atoms with E-state index in [9.17, 15) is 19.1 Å². The summed E-state index contributed by atoms with van der Waals surface area (Å²) in [6.07, 6.45) is 6.17. The van der Waals surface area contributed by atoms with Crippen LogP contribution in [0, 0.1) is 18.7 Å². The molecule has 1 N–H and O–H groups in total. The molecule has 0 bridgehead atoms. The molecule has 3 heterocycles. The number of halogens is 1. The number of amides is 1. The average molecular weight is 634 g/mol. The van der Waals surface area contributed by atoms with E-state index in [1.807, 2.05) is 40.1 Å². The molecule has 1 amide bonds. The Bertz CT molecular complexity index is 1510. The van der Waals surface area contributed by atoms with Crippen molar-refractivity contribution in [3.63, 3.8) is 0 Å². The molecule has 5 rings (SSSR count). The van der Waals surface area contributed by atoms with Gasteiger partial charge in [-0.25, -0.2) is 4.39 Å². The van der Waals surface area contributed by atoms with Crippen molar-refractivity contribution in [1.82, 2.24) is 9.88 Å². The van der Waals surface area contributed by atoms with Gasteiger partial charge in [-0.15, -0.1) is 0 Å². The van der Waals surface area contributed by atoms with Crippen LogP contribution in [0.3, 0.4) is 0 Å². The van der Waals surface area contributed by atoms with Crippen LogP contribution in [0.4, 0.5) is 10.1 Å². The summed E-state index contributed by atoms with van der Waals surface area (Å²) in [6, 6.07) is 13.6. The van der Waals surface area contributed by atoms with E-state index in [0.29, 0.717) is 47.9 Å². The van der Waals surface area contributed by atoms with Crippen molar-refractivity contribution in [2.75, 3.05) is 31.9 Å². The van der Waals surface area contributed by atoms with Gasteiger partial charge in [0.1, 0.15) is 5.82 Å². The van der Waals surface area contributed by atoms with Gasteiger partial charge in [0.15, 0.2) is 11.5 Å². The number of fused-ring (bicyclic) bond motifs is 1. The topological polar surface area (TPSA) is 101 Å². The lowest BCUT2D eigenvalue weighted by Gasteiger charge is -2.35. The minimum atomic E-state index is -0.927. The quantitative estimate of drug-likeness (QED) is 0.219. The predicted octanol–water partition coefficient (Wildman–Crippen LogP) is 6.37. The number of carbonyl (C=O) groups is 2. The number of carboxylic acids is 1. The van der Waals surface area contributed by atoms with Gasteiger partial charge < -0.3 is 24.2 Å². The number of aryl methyl sites for hydroxylation is 2. The lowest BCUT2D eigenvalue weighted by atomic mass is 9.83. The van der Waals surface area contributed by atoms with E-state index >= 15 is 0 Å². The molecule has 2 aliphatic heterocycles. The maximum atomic E-state index is 14.5. The highest BCUT2D eigenvalue weighted by atomic mass is 19.1. The molecule has 3 aromatic rings. The van der Waals surface area contributed by atoms with E-state index in [1.165, 1.54) is 6.07 Å². The fourth-order valence-corrected chi connectivity index (χ4v) is 7.05. The van der Waals surface area contributed by atoms with Crippen molar-refractivity contribution in [3.05, 3.63) is 77.4 Å². The van der Waals surface area contributed by atoms with Gasteiger partial charge in [-0.3, -0.25) is 19.5 Å². The third-order valence-electron chi connectivity index (χ3n) is 9.20. The first-order chi connectivity index (χ1) is 22.2. The van der Waals surface area contributed by atoms with E-state index in [1.54, 1.807) is 32.4 Å². The molecule has 2 aliphatic rings. The molecule has 10 heteroatoms. The lowest BCUT2D eigenvalue weighted by molar-refractivity contribution is -0.143. The van der Waals surface area contributed by atoms with Gasteiger partial charge in [0.2, 0.25) is 18.4 Å². The van der Waals surface area contributed by atoms with Crippen LogP contribution in [0.1, 0.15) is 68.7 Å². The zero-order valence-electron chi connectivity index (χ0n) is 27.1. The standard InChI is InChI=1S/C36H44FN3O6/c1-5-9-26(10-6-2)40(27-13-14-29(37)23(3)17-27)33(41)21-39-20-28(24-18-31(44-4)35-32(19-24)45-22-46-35)34(36(42)43)30(39)15-12-25-11-7-8-16-38-25/h7-8,11,13-14,16-19,26,28,30,34H,5-6,9-10,12,15,20-22H2,1-4H3,(H,42,43). The van der Waals surface area contributed by atoms with E-state index in [4.69, 9.17) is 14.2 Å². The first-order valence-electron chi connectivity index (χ1n) is 16.2. The second kappa shape index (κ2) is 14.9. The summed E-state index contributed by atoms with van der Waals surface area (Å²) >= 11 is 0. The van der Waals surface area contributed by atoms with E-state index in [2.05, 4.69) is 18.8 Å². The number of benzene rings is 2. The van der Waals surface area contributed by atoms with Crippen molar-refractivity contribution in [2.45, 2.75) is 77.3 Å². The van der Waals surface area contributed by atoms with Gasteiger partial charge >= 0.3 is 5.97 Å². The highest BCUT2D eigenvalue weighted by molar-refractivity contribution is 5.95. The van der Waals surface area contributed by atoms with Gasteiger partial charge in [-0.1, -0.05) is 32.8 Å². The second-order valence-electron chi connectivity index (χ2n) is 12.2. The number of aromatic nitrogens is 1. The summed E-state index contributed by atoms with van der Waals surface area (Å²) in [6.45, 7) is 6.32. The smallest absolute Gasteiger partial charge is 0.308 e. The molecule has 1 fully saturated rings. The van der Waals surface area contributed by atoms with Gasteiger partial charge in [0.05, 0.1) is 19.6 Å². The number of rotatable bonds is 14. The number of carboxylic acid groups (broad SMARTS) is 1. The van der Waals surface area contributed by atoms with Gasteiger partial charge in [0, 0.05) is 42.1 Å². The van der Waals surface area contributed by atoms with Crippen LogP contribution in [0.15, 0.2) is 54.7 Å². The lowest BCUT2D eigenvalue weighted by Crippen LogP contribution is -2.48. The Balaban J connectivity index is 1.52. The molecule has 0 saturated carbocycles. The van der Waals surface area contributed by atoms with Crippen molar-refractivity contribution in [2.24, 2.45) is 5.92 Å². The first-order valence-corrected chi connectivity index (χ1v) is 16.2. The maximum absolute atomic E-state index is 14.5. The van der Waals surface area contributed by atoms with Crippen LogP contribution in [-0.2, 0) is 16.0 Å². The van der Waals surface area contributed by atoms with E-state index in [0.717, 1.165) is 36.9 Å². The third-order valence-corrected chi connectivity index (χ3v) is 9.20. The number of ether oxygens (including phenoxy) is 3. The number of anilines is 1. The summed E-state index contributed by atoms with van der Waals surface area (Å²) in [5, 5.41) is 10.7. The van der Waals surface area contributed by atoms with Gasteiger partial charge in [-0.2, -0.15) is 0 Å². The Morgan fingerprint density at radius 3 is 2.57 bits per heavy atom. The Kier molecular flexibility index (Phi) is 10.8. The van der Waals surface area contributed by atoms with Crippen molar-refractivity contribution in [1.29, 1.82) is 0 Å². The number of hydrogen-bond acceptors (Lipinski definition) is 7. The average Bonchev–Trinajstić information content (AvgIpc) is 3.67. The van der Waals surface area contributed by atoms with Crippen molar-refractivity contribution in [3.8, 4) is 17.2 Å². The largest absolute Gasteiger partial charge is 0.493 e. The number of methoxy groups -OCH3 is 1. The van der Waals surface area contributed by atoms with E-state index < -0.39 is 23.8 Å². The Labute approximate surface area is 270 Å². The Morgan fingerprint density at radius 1 is 1.13 bits per heavy atom. The molecule has 9 nitrogen and oxygen atoms in total. The summed E-state index contributed by atoms with van der Waals surface area (Å²) in [7, 11) is 1.54. The van der Waals surface area contributed by atoms with Crippen LogP contribution < -0.4 is 19.1 Å². The molecule has 3 atom stereocenters. The summed E-state index contributed by atoms with van der Waals surface area (Å²) in [4.78, 5) is 35.8. The minimum absolute atomic E-state index is 0.0230. The fourth-order valence-electron chi connectivity index (χ4n) is 7.05. The summed E-state index contributed by atoms with van der Waals surface area (Å²) < 4.78 is 31.2. The van der Waals surface area contributed by atoms with Crippen molar-refractivity contribution >= 4 is 17.6 Å². The number of likely N-dealkylation sites (tertiary alicyclic amines) is 1. The molecular weight excluding hydrogens is 589 g/mol. The minimum Gasteiger partial charge on any atom is -0.493 e. The van der Waals surface area contributed by atoms with Gasteiger partial charge in [0.25, 0.3) is 0 Å². The number of carbonyl (C=O) groups excluding carboxylic acids is 1. The Morgan fingerprint density at radius 2 is 1.91 bits per heavy atom. The van der Waals surface area contributed by atoms with Crippen LogP contribution in [0.5, 0.6) is 17.2 Å². The molecule has 0 radical (unpaired) electrons. The number of aliphatic carboxylic acids is 1. The van der Waals surface area contributed by atoms with Crippen molar-refractivity contribution < 1.29 is 33.3 Å². The Hall–Kier alpha value is -4.18. The normalized spacial score (nSPS) is 19.0. The highest BCUT2D eigenvalue weighted by Gasteiger charge is 2.48. The van der Waals surface area contributed by atoms with Crippen LogP contribution in [0.25, 0.3) is 0 Å². The predicted molar refractivity (Wildman–Crippen MR) is 173 cm³/mol. The molecule has 46 heavy (non-hydrogen) atoms. The zero-order chi connectivity index (χ0) is 32.8. The molecule has 0 aliphatic carbocycles. The first kappa shape index (κ1) is 33.2. The number of nitrogens with zero attached hydrogens (tertiary/aromatic N) is 3. The molecular formula is C36H44FN3O6. The molecule has 246 valence electrons. The SMILES string of the molecule is CCCC(CCC)N(C(=O)CN1CC(c2cc(OC)c3c(c2)OCO3)C(C(=O)O)C1CCc1ccccn1)c1ccc(F)c(C)c1. The van der Waals surface area contributed by atoms with Gasteiger partial charge in [-0.05, 0) is 86.2 Å². The molecule has 2 aromatic carbocycles. The molecule has 0 spiro atoms. The monoisotopic (exact) mass is 633 g/mol. The molecule has 3 unspecified atom stereocenters. The summed E-state index contributed by atoms with van der Waals surface area (Å²) in [5.41, 5.74) is 2.75. The zero-order valence-corrected chi connectivity index (χ0v) is 27.1. The second-order valence-corrected chi connectivity index (χ2v) is 12.2. The van der Waals surface area contributed by atoms with Crippen LogP contribution >= 0.6 is 0 Å². The molecule has 1 aromatic heterocycles. The van der Waals surface area contributed by atoms with Crippen LogP contribution in [0.2, 0.25) is 0 Å². The van der Waals surface area contributed by atoms with E-state index in [-0.39, 0.29) is 31.1 Å². The third kappa shape index (κ3) is 7.12. The van der Waals surface area contributed by atoms with Crippen LogP contribution in [-0.4, -0.2) is 65.9 Å². The number of pyridine rings is 1. The highest BCUT2D eigenvalue weighted by Crippen LogP contribution is 2.47. The fraction of sp³-hybridized carbons (Fsp3) is 0.472.